The molecular formula is C29H22Si. The molecule has 0 bridgehead atoms. The molecule has 0 aliphatic heterocycles. The van der Waals surface area contributed by atoms with E-state index in [2.05, 4.69) is 98.2 Å². The van der Waals surface area contributed by atoms with Gasteiger partial charge in [-0.15, -0.1) is 12.8 Å². The molecule has 0 N–H and O–H groups in total. The van der Waals surface area contributed by atoms with Crippen LogP contribution in [0.1, 0.15) is 11.1 Å². The van der Waals surface area contributed by atoms with E-state index in [-0.39, 0.29) is 0 Å². The monoisotopic (exact) mass is 398 g/mol. The van der Waals surface area contributed by atoms with Crippen molar-refractivity contribution in [2.75, 3.05) is 0 Å². The molecule has 0 aliphatic carbocycles. The summed E-state index contributed by atoms with van der Waals surface area (Å²) in [5, 5.41) is 10.9. The van der Waals surface area contributed by atoms with Crippen molar-refractivity contribution in [2.45, 2.75) is 19.6 Å². The Bertz CT molecular complexity index is 1580. The van der Waals surface area contributed by atoms with Gasteiger partial charge in [0.15, 0.2) is 0 Å². The van der Waals surface area contributed by atoms with Gasteiger partial charge in [-0.05, 0) is 84.7 Å². The molecule has 0 spiro atoms. The van der Waals surface area contributed by atoms with Crippen LogP contribution in [0, 0.1) is 24.7 Å². The number of fused-ring (bicyclic) bond motifs is 4. The van der Waals surface area contributed by atoms with Crippen molar-refractivity contribution in [3.05, 3.63) is 77.9 Å². The quantitative estimate of drug-likeness (QED) is 0.165. The van der Waals surface area contributed by atoms with Gasteiger partial charge in [-0.3, -0.25) is 0 Å². The molecule has 0 radical (unpaired) electrons. The topological polar surface area (TPSA) is 0 Å². The van der Waals surface area contributed by atoms with Crippen LogP contribution in [0.4, 0.5) is 0 Å². The van der Waals surface area contributed by atoms with Crippen LogP contribution in [0.15, 0.2) is 66.7 Å². The summed E-state index contributed by atoms with van der Waals surface area (Å²) in [4.78, 5) is 0. The van der Waals surface area contributed by atoms with Crippen LogP contribution >= 0.6 is 0 Å². The summed E-state index contributed by atoms with van der Waals surface area (Å²) in [6, 6.07) is 24.3. The molecule has 30 heavy (non-hydrogen) atoms. The summed E-state index contributed by atoms with van der Waals surface area (Å²) >= 11 is 0. The SMILES string of the molecule is C#Cc1c([Si](C)(C)C)cc2cc3cc4cc5ccccc5cc4cc3cc2c1C#C. The number of terminal acetylenes is 2. The first kappa shape index (κ1) is 18.5. The average molecular weight is 399 g/mol. The maximum absolute atomic E-state index is 5.97. The molecule has 0 saturated heterocycles. The van der Waals surface area contributed by atoms with Gasteiger partial charge in [0.1, 0.15) is 0 Å². The molecule has 0 aliphatic rings. The molecule has 5 aromatic carbocycles. The van der Waals surface area contributed by atoms with Crippen molar-refractivity contribution in [2.24, 2.45) is 0 Å². The van der Waals surface area contributed by atoms with Crippen LogP contribution in [0.5, 0.6) is 0 Å². The number of hydrogen-bond donors (Lipinski definition) is 0. The highest BCUT2D eigenvalue weighted by Crippen LogP contribution is 2.32. The first-order valence-corrected chi connectivity index (χ1v) is 13.7. The lowest BCUT2D eigenvalue weighted by molar-refractivity contribution is 1.65. The molecule has 0 heterocycles. The lowest BCUT2D eigenvalue weighted by Crippen LogP contribution is -2.40. The average Bonchev–Trinajstić information content (AvgIpc) is 2.72. The van der Waals surface area contributed by atoms with Gasteiger partial charge in [-0.1, -0.05) is 61.8 Å². The number of hydrogen-bond acceptors (Lipinski definition) is 0. The van der Waals surface area contributed by atoms with Gasteiger partial charge in [0.05, 0.1) is 8.07 Å². The van der Waals surface area contributed by atoms with Crippen molar-refractivity contribution in [1.82, 2.24) is 0 Å². The third-order valence-electron chi connectivity index (χ3n) is 6.01. The standard InChI is InChI=1S/C29H22Si/c1-6-26-27(7-2)29(30(3,4)5)18-25-16-23-14-21-12-19-10-8-9-11-20(19)13-22(21)15-24(23)17-28(25)26/h1-2,8-18H,3-5H3. The lowest BCUT2D eigenvalue weighted by Gasteiger charge is -2.21. The van der Waals surface area contributed by atoms with Crippen LogP contribution in [0.3, 0.4) is 0 Å². The van der Waals surface area contributed by atoms with E-state index in [9.17, 15) is 0 Å². The van der Waals surface area contributed by atoms with E-state index >= 15 is 0 Å². The van der Waals surface area contributed by atoms with Crippen molar-refractivity contribution in [3.63, 3.8) is 0 Å². The van der Waals surface area contributed by atoms with Crippen molar-refractivity contribution in [1.29, 1.82) is 0 Å². The largest absolute Gasteiger partial charge is 0.115 e. The summed E-state index contributed by atoms with van der Waals surface area (Å²) in [5.74, 6) is 5.81. The summed E-state index contributed by atoms with van der Waals surface area (Å²) in [5.41, 5.74) is 1.75. The van der Waals surface area contributed by atoms with E-state index in [1.165, 1.54) is 42.9 Å². The Hall–Kier alpha value is -3.52. The highest BCUT2D eigenvalue weighted by molar-refractivity contribution is 6.89. The highest BCUT2D eigenvalue weighted by atomic mass is 28.3. The molecule has 142 valence electrons. The van der Waals surface area contributed by atoms with Gasteiger partial charge in [0, 0.05) is 11.1 Å². The molecule has 0 aromatic heterocycles. The predicted octanol–water partition coefficient (Wildman–Crippen LogP) is 6.81. The zero-order chi connectivity index (χ0) is 21.0. The first-order valence-electron chi connectivity index (χ1n) is 10.2. The molecule has 5 aromatic rings. The molecule has 0 amide bonds. The van der Waals surface area contributed by atoms with Crippen LogP contribution < -0.4 is 5.19 Å². The molecule has 0 fully saturated rings. The Balaban J connectivity index is 1.90. The van der Waals surface area contributed by atoms with Crippen molar-refractivity contribution in [3.8, 4) is 24.7 Å². The molecular weight excluding hydrogens is 376 g/mol. The van der Waals surface area contributed by atoms with E-state index in [4.69, 9.17) is 12.8 Å². The maximum Gasteiger partial charge on any atom is 0.0793 e. The first-order chi connectivity index (χ1) is 14.4. The van der Waals surface area contributed by atoms with Gasteiger partial charge < -0.3 is 0 Å². The van der Waals surface area contributed by atoms with Crippen LogP contribution in [-0.2, 0) is 0 Å². The Morgan fingerprint density at radius 3 is 1.53 bits per heavy atom. The smallest absolute Gasteiger partial charge is 0.0793 e. The third-order valence-corrected chi connectivity index (χ3v) is 8.02. The lowest BCUT2D eigenvalue weighted by atomic mass is 9.94. The van der Waals surface area contributed by atoms with Gasteiger partial charge in [0.25, 0.3) is 0 Å². The minimum absolute atomic E-state index is 0.855. The Morgan fingerprint density at radius 2 is 1.03 bits per heavy atom. The summed E-state index contributed by atoms with van der Waals surface area (Å²) in [7, 11) is -1.64. The van der Waals surface area contributed by atoms with Gasteiger partial charge in [0.2, 0.25) is 0 Å². The highest BCUT2D eigenvalue weighted by Gasteiger charge is 2.23. The fraction of sp³-hybridized carbons (Fsp3) is 0.103. The third kappa shape index (κ3) is 2.79. The molecule has 0 unspecified atom stereocenters. The molecule has 0 nitrogen and oxygen atoms in total. The van der Waals surface area contributed by atoms with Gasteiger partial charge >= 0.3 is 0 Å². The van der Waals surface area contributed by atoms with E-state index < -0.39 is 8.07 Å². The minimum Gasteiger partial charge on any atom is -0.115 e. The number of benzene rings is 5. The zero-order valence-corrected chi connectivity index (χ0v) is 18.5. The van der Waals surface area contributed by atoms with Gasteiger partial charge in [-0.25, -0.2) is 0 Å². The Labute approximate surface area is 178 Å². The van der Waals surface area contributed by atoms with E-state index in [1.54, 1.807) is 0 Å². The zero-order valence-electron chi connectivity index (χ0n) is 17.5. The van der Waals surface area contributed by atoms with E-state index in [1.807, 2.05) is 0 Å². The van der Waals surface area contributed by atoms with Crippen LogP contribution in [-0.4, -0.2) is 8.07 Å². The molecule has 5 rings (SSSR count). The Morgan fingerprint density at radius 1 is 0.567 bits per heavy atom. The second-order valence-corrected chi connectivity index (χ2v) is 14.1. The molecule has 1 heteroatoms. The van der Waals surface area contributed by atoms with Crippen molar-refractivity contribution >= 4 is 56.4 Å². The Kier molecular flexibility index (Phi) is 4.01. The van der Waals surface area contributed by atoms with E-state index in [0.29, 0.717) is 0 Å². The summed E-state index contributed by atoms with van der Waals surface area (Å²) in [6.07, 6.45) is 11.9. The van der Waals surface area contributed by atoms with Gasteiger partial charge in [-0.2, -0.15) is 0 Å². The normalized spacial score (nSPS) is 11.8. The summed E-state index contributed by atoms with van der Waals surface area (Å²) < 4.78 is 0. The van der Waals surface area contributed by atoms with Crippen LogP contribution in [0.2, 0.25) is 19.6 Å². The molecule has 0 saturated carbocycles. The predicted molar refractivity (Wildman–Crippen MR) is 135 cm³/mol. The second kappa shape index (κ2) is 6.50. The minimum atomic E-state index is -1.64. The van der Waals surface area contributed by atoms with E-state index in [0.717, 1.165) is 16.5 Å². The molecule has 0 atom stereocenters. The second-order valence-electron chi connectivity index (χ2n) is 9.03. The maximum atomic E-state index is 5.97. The number of rotatable bonds is 1. The van der Waals surface area contributed by atoms with Crippen molar-refractivity contribution < 1.29 is 0 Å². The fourth-order valence-electron chi connectivity index (χ4n) is 4.49. The van der Waals surface area contributed by atoms with Crippen LogP contribution in [0.25, 0.3) is 43.1 Å². The fourth-order valence-corrected chi connectivity index (χ4v) is 6.02. The summed E-state index contributed by atoms with van der Waals surface area (Å²) in [6.45, 7) is 6.94.